The predicted octanol–water partition coefficient (Wildman–Crippen LogP) is 7.01. The van der Waals surface area contributed by atoms with Gasteiger partial charge in [-0.2, -0.15) is 0 Å². The van der Waals surface area contributed by atoms with E-state index in [-0.39, 0.29) is 0 Å². The van der Waals surface area contributed by atoms with Crippen molar-refractivity contribution >= 4 is 32.3 Å². The van der Waals surface area contributed by atoms with Crippen molar-refractivity contribution in [2.45, 2.75) is 18.8 Å². The highest BCUT2D eigenvalue weighted by atomic mass is 14.3. The average molecular weight is 342 g/mol. The number of hydrogen-bond acceptors (Lipinski definition) is 0. The third kappa shape index (κ3) is 1.69. The van der Waals surface area contributed by atoms with E-state index < -0.39 is 0 Å². The molecule has 1 atom stereocenters. The lowest BCUT2D eigenvalue weighted by atomic mass is 9.76. The Morgan fingerprint density at radius 1 is 0.593 bits per heavy atom. The summed E-state index contributed by atoms with van der Waals surface area (Å²) in [7, 11) is 0. The molecule has 0 radical (unpaired) electrons. The maximum atomic E-state index is 2.41. The lowest BCUT2D eigenvalue weighted by molar-refractivity contribution is 0.675. The summed E-state index contributed by atoms with van der Waals surface area (Å²) in [6.07, 6.45) is 2.26. The Labute approximate surface area is 158 Å². The Morgan fingerprint density at radius 2 is 1.22 bits per heavy atom. The minimum Gasteiger partial charge on any atom is -0.0622 e. The van der Waals surface area contributed by atoms with Crippen molar-refractivity contribution in [3.8, 4) is 11.1 Å². The first-order valence-electron chi connectivity index (χ1n) is 9.87. The van der Waals surface area contributed by atoms with E-state index in [9.17, 15) is 0 Å². The fourth-order valence-corrected chi connectivity index (χ4v) is 5.63. The van der Waals surface area contributed by atoms with Gasteiger partial charge in [-0.15, -0.1) is 0 Å². The lowest BCUT2D eigenvalue weighted by Gasteiger charge is -2.28. The summed E-state index contributed by atoms with van der Waals surface area (Å²) >= 11 is 0. The zero-order valence-electron chi connectivity index (χ0n) is 15.0. The van der Waals surface area contributed by atoms with Gasteiger partial charge in [0, 0.05) is 0 Å². The third-order valence-electron chi connectivity index (χ3n) is 6.75. The first-order valence-corrected chi connectivity index (χ1v) is 9.87. The smallest absolute Gasteiger partial charge is 0.00141 e. The van der Waals surface area contributed by atoms with Gasteiger partial charge in [-0.25, -0.2) is 0 Å². The first-order chi connectivity index (χ1) is 13.4. The highest BCUT2D eigenvalue weighted by molar-refractivity contribution is 6.34. The summed E-state index contributed by atoms with van der Waals surface area (Å²) in [6.45, 7) is 0. The van der Waals surface area contributed by atoms with Crippen molar-refractivity contribution in [1.29, 1.82) is 0 Å². The van der Waals surface area contributed by atoms with Crippen LogP contribution in [0.4, 0.5) is 0 Å². The van der Waals surface area contributed by atoms with Gasteiger partial charge in [-0.05, 0) is 78.9 Å². The van der Waals surface area contributed by atoms with Crippen molar-refractivity contribution in [2.75, 3.05) is 0 Å². The van der Waals surface area contributed by atoms with Gasteiger partial charge in [0.25, 0.3) is 0 Å². The van der Waals surface area contributed by atoms with E-state index in [1.807, 2.05) is 0 Å². The van der Waals surface area contributed by atoms with Crippen LogP contribution in [-0.2, 0) is 12.8 Å². The number of hydrogen-bond donors (Lipinski definition) is 0. The molecule has 0 aliphatic heterocycles. The molecule has 2 aliphatic rings. The van der Waals surface area contributed by atoms with Crippen molar-refractivity contribution in [3.05, 3.63) is 95.6 Å². The molecule has 27 heavy (non-hydrogen) atoms. The molecule has 1 unspecified atom stereocenters. The second-order valence-corrected chi connectivity index (χ2v) is 8.15. The molecule has 0 saturated carbocycles. The van der Waals surface area contributed by atoms with Crippen LogP contribution in [0.15, 0.2) is 78.9 Å². The van der Waals surface area contributed by atoms with Crippen LogP contribution in [-0.4, -0.2) is 0 Å². The topological polar surface area (TPSA) is 0 Å². The largest absolute Gasteiger partial charge is 0.0622 e. The molecule has 0 nitrogen and oxygen atoms in total. The van der Waals surface area contributed by atoms with Crippen LogP contribution >= 0.6 is 0 Å². The fraction of sp³-hybridized carbons (Fsp3) is 0.111. The maximum absolute atomic E-state index is 2.41. The van der Waals surface area contributed by atoms with Crippen molar-refractivity contribution in [1.82, 2.24) is 0 Å². The highest BCUT2D eigenvalue weighted by Gasteiger charge is 2.32. The van der Waals surface area contributed by atoms with Gasteiger partial charge in [0.2, 0.25) is 0 Å². The molecule has 126 valence electrons. The van der Waals surface area contributed by atoms with Crippen molar-refractivity contribution in [3.63, 3.8) is 0 Å². The Bertz CT molecular complexity index is 1400. The lowest BCUT2D eigenvalue weighted by Crippen LogP contribution is -2.13. The van der Waals surface area contributed by atoms with Gasteiger partial charge >= 0.3 is 0 Å². The summed E-state index contributed by atoms with van der Waals surface area (Å²) in [4.78, 5) is 0. The molecule has 0 heteroatoms. The molecule has 0 N–H and O–H groups in total. The molecular weight excluding hydrogens is 324 g/mol. The van der Waals surface area contributed by atoms with Crippen LogP contribution in [0.3, 0.4) is 0 Å². The van der Waals surface area contributed by atoms with Crippen LogP contribution in [0.1, 0.15) is 22.6 Å². The number of benzene rings is 5. The number of rotatable bonds is 2. The van der Waals surface area contributed by atoms with Crippen LogP contribution in [0.25, 0.3) is 43.4 Å². The van der Waals surface area contributed by atoms with Crippen LogP contribution in [0.2, 0.25) is 0 Å². The molecule has 0 amide bonds. The van der Waals surface area contributed by atoms with Crippen LogP contribution in [0, 0.1) is 0 Å². The molecule has 0 bridgehead atoms. The van der Waals surface area contributed by atoms with Gasteiger partial charge in [-0.1, -0.05) is 78.9 Å². The third-order valence-corrected chi connectivity index (χ3v) is 6.75. The molecule has 0 spiro atoms. The summed E-state index contributed by atoms with van der Waals surface area (Å²) in [5.41, 5.74) is 7.59. The SMILES string of the molecule is c1ccc(CC2Cc3ccc4ccc5ccc6ccc2c2c6c5c4c3-2)cc1. The summed E-state index contributed by atoms with van der Waals surface area (Å²) < 4.78 is 0. The van der Waals surface area contributed by atoms with Gasteiger partial charge < -0.3 is 0 Å². The molecule has 5 aromatic carbocycles. The first kappa shape index (κ1) is 14.0. The Balaban J connectivity index is 1.59. The normalized spacial score (nSPS) is 16.5. The van der Waals surface area contributed by atoms with E-state index in [1.165, 1.54) is 54.6 Å². The molecule has 0 fully saturated rings. The van der Waals surface area contributed by atoms with E-state index in [4.69, 9.17) is 0 Å². The predicted molar refractivity (Wildman–Crippen MR) is 115 cm³/mol. The standard InChI is InChI=1S/C27H18/c1-2-4-16(5-3-1)14-21-15-20-11-10-18-7-6-17-8-9-19-12-13-22(21)27-25(19)23(17)24(18)26(20)27/h1-13,21H,14-15H2. The maximum Gasteiger partial charge on any atom is -0.00141 e. The molecule has 2 aliphatic carbocycles. The minimum absolute atomic E-state index is 0.557. The van der Waals surface area contributed by atoms with E-state index in [0.717, 1.165) is 12.8 Å². The quantitative estimate of drug-likeness (QED) is 0.297. The zero-order valence-corrected chi connectivity index (χ0v) is 15.0. The molecule has 0 saturated heterocycles. The van der Waals surface area contributed by atoms with Gasteiger partial charge in [0.15, 0.2) is 0 Å². The van der Waals surface area contributed by atoms with E-state index >= 15 is 0 Å². The Hall–Kier alpha value is -3.12. The van der Waals surface area contributed by atoms with Crippen LogP contribution in [0.5, 0.6) is 0 Å². The molecule has 7 rings (SSSR count). The van der Waals surface area contributed by atoms with E-state index in [2.05, 4.69) is 78.9 Å². The fourth-order valence-electron chi connectivity index (χ4n) is 5.63. The van der Waals surface area contributed by atoms with Crippen molar-refractivity contribution < 1.29 is 0 Å². The van der Waals surface area contributed by atoms with Crippen molar-refractivity contribution in [2.24, 2.45) is 0 Å². The Morgan fingerprint density at radius 3 is 2.00 bits per heavy atom. The average Bonchev–Trinajstić information content (AvgIpc) is 3.09. The minimum atomic E-state index is 0.557. The molecule has 0 aromatic heterocycles. The van der Waals surface area contributed by atoms with Gasteiger partial charge in [-0.3, -0.25) is 0 Å². The van der Waals surface area contributed by atoms with Crippen LogP contribution < -0.4 is 0 Å². The highest BCUT2D eigenvalue weighted by Crippen LogP contribution is 2.54. The molecule has 5 aromatic rings. The Kier molecular flexibility index (Phi) is 2.48. The summed E-state index contributed by atoms with van der Waals surface area (Å²) in [5.74, 6) is 0.557. The summed E-state index contributed by atoms with van der Waals surface area (Å²) in [6, 6.07) is 29.6. The van der Waals surface area contributed by atoms with E-state index in [0.29, 0.717) is 5.92 Å². The second kappa shape index (κ2) is 4.78. The van der Waals surface area contributed by atoms with Gasteiger partial charge in [0.05, 0.1) is 0 Å². The molecular formula is C27H18. The second-order valence-electron chi connectivity index (χ2n) is 8.15. The molecule has 0 heterocycles. The zero-order chi connectivity index (χ0) is 17.5. The summed E-state index contributed by atoms with van der Waals surface area (Å²) in [5, 5.41) is 8.63. The van der Waals surface area contributed by atoms with E-state index in [1.54, 1.807) is 5.56 Å². The monoisotopic (exact) mass is 342 g/mol. The van der Waals surface area contributed by atoms with Gasteiger partial charge in [0.1, 0.15) is 0 Å².